The maximum Gasteiger partial charge on any atom is 0.153 e. The van der Waals surface area contributed by atoms with Crippen LogP contribution in [0.15, 0.2) is 58.0 Å². The van der Waals surface area contributed by atoms with E-state index in [1.807, 2.05) is 24.3 Å². The van der Waals surface area contributed by atoms with Crippen molar-refractivity contribution in [3.63, 3.8) is 0 Å². The molecule has 0 saturated carbocycles. The topological polar surface area (TPSA) is 52.1 Å². The van der Waals surface area contributed by atoms with Crippen molar-refractivity contribution < 1.29 is 8.83 Å². The summed E-state index contributed by atoms with van der Waals surface area (Å²) in [6, 6.07) is 7.56. The van der Waals surface area contributed by atoms with E-state index in [-0.39, 0.29) is 0 Å². The van der Waals surface area contributed by atoms with Gasteiger partial charge in [0.15, 0.2) is 5.58 Å². The molecule has 0 radical (unpaired) electrons. The summed E-state index contributed by atoms with van der Waals surface area (Å²) in [7, 11) is 0. The first-order valence-electron chi connectivity index (χ1n) is 5.57. The third-order valence-corrected chi connectivity index (χ3v) is 2.90. The van der Waals surface area contributed by atoms with Gasteiger partial charge < -0.3 is 8.83 Å². The highest BCUT2D eigenvalue weighted by Crippen LogP contribution is 2.28. The van der Waals surface area contributed by atoms with Crippen molar-refractivity contribution in [2.24, 2.45) is 0 Å². The quantitative estimate of drug-likeness (QED) is 0.506. The fraction of sp³-hybridized carbons (Fsp3) is 0. The molecule has 0 N–H and O–H groups in total. The summed E-state index contributed by atoms with van der Waals surface area (Å²) in [5, 5.41) is 0.979. The molecular formula is C14H8N2O2. The van der Waals surface area contributed by atoms with E-state index in [1.165, 1.54) is 0 Å². The highest BCUT2D eigenvalue weighted by Gasteiger charge is 2.08. The molecule has 0 aromatic carbocycles. The lowest BCUT2D eigenvalue weighted by Gasteiger charge is -1.95. The minimum Gasteiger partial charge on any atom is -0.463 e. The average Bonchev–Trinajstić information content (AvgIpc) is 3.04. The van der Waals surface area contributed by atoms with Gasteiger partial charge in [0.2, 0.25) is 0 Å². The maximum absolute atomic E-state index is 5.76. The van der Waals surface area contributed by atoms with Crippen molar-refractivity contribution in [3.8, 4) is 11.3 Å². The number of hydrogen-bond acceptors (Lipinski definition) is 4. The first-order chi connectivity index (χ1) is 8.90. The Morgan fingerprint density at radius 2 is 2.00 bits per heavy atom. The Hall–Kier alpha value is -2.62. The molecule has 0 unspecified atom stereocenters. The first-order valence-corrected chi connectivity index (χ1v) is 5.57. The molecule has 4 nitrogen and oxygen atoms in total. The Bertz CT molecular complexity index is 812. The van der Waals surface area contributed by atoms with Crippen LogP contribution in [0.1, 0.15) is 0 Å². The molecule has 0 spiro atoms. The van der Waals surface area contributed by atoms with Crippen LogP contribution in [0.3, 0.4) is 0 Å². The number of pyridine rings is 2. The van der Waals surface area contributed by atoms with Crippen LogP contribution in [-0.4, -0.2) is 9.97 Å². The zero-order chi connectivity index (χ0) is 11.9. The van der Waals surface area contributed by atoms with Crippen molar-refractivity contribution in [2.75, 3.05) is 0 Å². The maximum atomic E-state index is 5.76. The molecule has 4 aromatic rings. The van der Waals surface area contributed by atoms with Crippen LogP contribution in [0.5, 0.6) is 0 Å². The largest absolute Gasteiger partial charge is 0.463 e. The predicted octanol–water partition coefficient (Wildman–Crippen LogP) is 3.64. The van der Waals surface area contributed by atoms with Gasteiger partial charge in [0.25, 0.3) is 0 Å². The van der Waals surface area contributed by atoms with E-state index >= 15 is 0 Å². The van der Waals surface area contributed by atoms with Crippen LogP contribution in [0, 0.1) is 0 Å². The summed E-state index contributed by atoms with van der Waals surface area (Å²) in [5.74, 6) is 0.767. The molecule has 4 rings (SSSR count). The number of nitrogens with zero attached hydrogens (tertiary/aromatic N) is 2. The molecule has 4 aromatic heterocycles. The highest BCUT2D eigenvalue weighted by atomic mass is 16.3. The molecule has 0 amide bonds. The molecule has 4 heterocycles. The Labute approximate surface area is 102 Å². The summed E-state index contributed by atoms with van der Waals surface area (Å²) < 4.78 is 11.1. The fourth-order valence-electron chi connectivity index (χ4n) is 2.01. The van der Waals surface area contributed by atoms with Crippen molar-refractivity contribution in [3.05, 3.63) is 49.1 Å². The molecule has 0 aliphatic heterocycles. The molecular weight excluding hydrogens is 228 g/mol. The van der Waals surface area contributed by atoms with Crippen LogP contribution in [0.2, 0.25) is 0 Å². The van der Waals surface area contributed by atoms with Crippen molar-refractivity contribution >= 4 is 22.1 Å². The zero-order valence-corrected chi connectivity index (χ0v) is 9.33. The van der Waals surface area contributed by atoms with Gasteiger partial charge in [0.1, 0.15) is 16.9 Å². The Balaban J connectivity index is 1.94. The number of hydrogen-bond donors (Lipinski definition) is 0. The van der Waals surface area contributed by atoms with E-state index < -0.39 is 0 Å². The first kappa shape index (κ1) is 9.41. The standard InChI is InChI=1S/C14H8N2O2/c1-3-15-7-9-5-13(18-12(1)9)10-6-14-11(16-8-10)2-4-17-14/h1-8H. The van der Waals surface area contributed by atoms with Crippen LogP contribution in [-0.2, 0) is 0 Å². The monoisotopic (exact) mass is 236 g/mol. The number of aromatic nitrogens is 2. The summed E-state index contributed by atoms with van der Waals surface area (Å²) >= 11 is 0. The lowest BCUT2D eigenvalue weighted by Crippen LogP contribution is -1.77. The van der Waals surface area contributed by atoms with Crippen molar-refractivity contribution in [1.29, 1.82) is 0 Å². The Morgan fingerprint density at radius 3 is 2.94 bits per heavy atom. The van der Waals surface area contributed by atoms with E-state index in [0.717, 1.165) is 33.4 Å². The Kier molecular flexibility index (Phi) is 1.80. The molecule has 0 saturated heterocycles. The van der Waals surface area contributed by atoms with Crippen LogP contribution < -0.4 is 0 Å². The molecule has 0 bridgehead atoms. The molecule has 18 heavy (non-hydrogen) atoms. The lowest BCUT2D eigenvalue weighted by atomic mass is 10.2. The van der Waals surface area contributed by atoms with Gasteiger partial charge in [-0.3, -0.25) is 9.97 Å². The number of furan rings is 2. The molecule has 0 aliphatic rings. The minimum atomic E-state index is 0.756. The Morgan fingerprint density at radius 1 is 1.00 bits per heavy atom. The minimum absolute atomic E-state index is 0.756. The van der Waals surface area contributed by atoms with Gasteiger partial charge in [-0.15, -0.1) is 0 Å². The van der Waals surface area contributed by atoms with Crippen molar-refractivity contribution in [2.45, 2.75) is 0 Å². The van der Waals surface area contributed by atoms with Gasteiger partial charge in [-0.25, -0.2) is 0 Å². The molecule has 0 aliphatic carbocycles. The van der Waals surface area contributed by atoms with Crippen molar-refractivity contribution in [1.82, 2.24) is 9.97 Å². The molecule has 0 atom stereocenters. The van der Waals surface area contributed by atoms with E-state index in [0.29, 0.717) is 0 Å². The summed E-state index contributed by atoms with van der Waals surface area (Å²) in [6.07, 6.45) is 6.90. The molecule has 0 fully saturated rings. The summed E-state index contributed by atoms with van der Waals surface area (Å²) in [5.41, 5.74) is 3.32. The fourth-order valence-corrected chi connectivity index (χ4v) is 2.01. The van der Waals surface area contributed by atoms with Gasteiger partial charge in [0.05, 0.1) is 6.26 Å². The van der Waals surface area contributed by atoms with Crippen LogP contribution >= 0.6 is 0 Å². The normalized spacial score (nSPS) is 11.3. The second kappa shape index (κ2) is 3.43. The SMILES string of the molecule is c1cc2oc(-c3cnc4ccoc4c3)cc2cn1. The van der Waals surface area contributed by atoms with E-state index in [9.17, 15) is 0 Å². The second-order valence-electron chi connectivity index (χ2n) is 4.05. The second-order valence-corrected chi connectivity index (χ2v) is 4.05. The van der Waals surface area contributed by atoms with Gasteiger partial charge in [-0.1, -0.05) is 0 Å². The van der Waals surface area contributed by atoms with E-state index in [1.54, 1.807) is 24.9 Å². The molecule has 86 valence electrons. The van der Waals surface area contributed by atoms with Gasteiger partial charge in [0, 0.05) is 35.6 Å². The van der Waals surface area contributed by atoms with Gasteiger partial charge in [-0.2, -0.15) is 0 Å². The molecule has 4 heteroatoms. The van der Waals surface area contributed by atoms with Gasteiger partial charge >= 0.3 is 0 Å². The van der Waals surface area contributed by atoms with E-state index in [4.69, 9.17) is 8.83 Å². The van der Waals surface area contributed by atoms with Crippen LogP contribution in [0.4, 0.5) is 0 Å². The third-order valence-electron chi connectivity index (χ3n) is 2.90. The number of rotatable bonds is 1. The predicted molar refractivity (Wildman–Crippen MR) is 67.0 cm³/mol. The summed E-state index contributed by atoms with van der Waals surface area (Å²) in [4.78, 5) is 8.39. The average molecular weight is 236 g/mol. The van der Waals surface area contributed by atoms with Gasteiger partial charge in [-0.05, 0) is 18.2 Å². The van der Waals surface area contributed by atoms with E-state index in [2.05, 4.69) is 9.97 Å². The smallest absolute Gasteiger partial charge is 0.153 e. The highest BCUT2D eigenvalue weighted by molar-refractivity contribution is 5.84. The third kappa shape index (κ3) is 1.32. The zero-order valence-electron chi connectivity index (χ0n) is 9.33. The summed E-state index contributed by atoms with van der Waals surface area (Å²) in [6.45, 7) is 0. The lowest BCUT2D eigenvalue weighted by molar-refractivity contribution is 0.613. The van der Waals surface area contributed by atoms with Crippen LogP contribution in [0.25, 0.3) is 33.4 Å². The number of fused-ring (bicyclic) bond motifs is 2.